The topological polar surface area (TPSA) is 65.5 Å². The van der Waals surface area contributed by atoms with Crippen LogP contribution in [0.4, 0.5) is 10.1 Å². The second-order valence-electron chi connectivity index (χ2n) is 10.0. The lowest BCUT2D eigenvalue weighted by Crippen LogP contribution is -2.49. The molecule has 0 unspecified atom stereocenters. The van der Waals surface area contributed by atoms with Crippen molar-refractivity contribution in [2.75, 3.05) is 37.6 Å². The molecule has 3 heterocycles. The number of epoxide rings is 1. The van der Waals surface area contributed by atoms with Crippen molar-refractivity contribution in [3.63, 3.8) is 0 Å². The first kappa shape index (κ1) is 21.9. The summed E-state index contributed by atoms with van der Waals surface area (Å²) in [7, 11) is 0. The Kier molecular flexibility index (Phi) is 5.76. The molecule has 6 atom stereocenters. The Morgan fingerprint density at radius 2 is 1.97 bits per heavy atom. The molecule has 1 N–H and O–H groups in total. The van der Waals surface area contributed by atoms with Crippen LogP contribution in [-0.4, -0.2) is 72.6 Å². The standard InChI is InChI=1S/C25H33FN2O4/c1-16-6-5-9-25(2)23(32-25)22-17(14-21(16)29)18(24(30)31-22)15-27-10-12-28(13-11-27)20-8-4-3-7-19(20)26/h3-4,6-8,17-18,21-23,29H,5,9-15H2,1-2H3/t17-,18-,21+,22-,23+,25+/m0/s1. The van der Waals surface area contributed by atoms with E-state index in [0.29, 0.717) is 31.7 Å². The van der Waals surface area contributed by atoms with Gasteiger partial charge in [-0.25, -0.2) is 4.39 Å². The van der Waals surface area contributed by atoms with E-state index in [2.05, 4.69) is 22.8 Å². The van der Waals surface area contributed by atoms with E-state index in [9.17, 15) is 14.3 Å². The third-order valence-electron chi connectivity index (χ3n) is 7.88. The largest absolute Gasteiger partial charge is 0.459 e. The number of ether oxygens (including phenoxy) is 2. The molecule has 3 fully saturated rings. The minimum absolute atomic E-state index is 0.0737. The predicted octanol–water partition coefficient (Wildman–Crippen LogP) is 2.75. The number of halogens is 1. The average molecular weight is 445 g/mol. The zero-order valence-electron chi connectivity index (χ0n) is 18.9. The summed E-state index contributed by atoms with van der Waals surface area (Å²) in [4.78, 5) is 17.3. The lowest BCUT2D eigenvalue weighted by Gasteiger charge is -2.37. The Labute approximate surface area is 189 Å². The number of piperazine rings is 1. The van der Waals surface area contributed by atoms with Crippen molar-refractivity contribution in [3.05, 3.63) is 41.7 Å². The van der Waals surface area contributed by atoms with E-state index in [1.165, 1.54) is 6.07 Å². The van der Waals surface area contributed by atoms with E-state index in [-0.39, 0.29) is 41.4 Å². The highest BCUT2D eigenvalue weighted by atomic mass is 19.1. The first-order valence-corrected chi connectivity index (χ1v) is 11.8. The summed E-state index contributed by atoms with van der Waals surface area (Å²) in [5.74, 6) is -0.734. The Bertz CT molecular complexity index is 900. The molecule has 0 saturated carbocycles. The molecule has 3 saturated heterocycles. The maximum atomic E-state index is 14.2. The van der Waals surface area contributed by atoms with Gasteiger partial charge in [0.1, 0.15) is 18.0 Å². The van der Waals surface area contributed by atoms with Gasteiger partial charge in [0.2, 0.25) is 0 Å². The van der Waals surface area contributed by atoms with Crippen LogP contribution in [0.3, 0.4) is 0 Å². The second kappa shape index (κ2) is 8.43. The molecule has 4 aliphatic rings. The van der Waals surface area contributed by atoms with Crippen LogP contribution in [0.25, 0.3) is 0 Å². The van der Waals surface area contributed by atoms with Gasteiger partial charge >= 0.3 is 5.97 Å². The van der Waals surface area contributed by atoms with Crippen LogP contribution in [0.5, 0.6) is 0 Å². The number of fused-ring (bicyclic) bond motifs is 3. The molecule has 5 rings (SSSR count). The average Bonchev–Trinajstić information content (AvgIpc) is 3.36. The van der Waals surface area contributed by atoms with E-state index in [0.717, 1.165) is 31.5 Å². The van der Waals surface area contributed by atoms with Gasteiger partial charge < -0.3 is 19.5 Å². The third kappa shape index (κ3) is 4.06. The highest BCUT2D eigenvalue weighted by Gasteiger charge is 2.63. The minimum atomic E-state index is -0.569. The van der Waals surface area contributed by atoms with Crippen molar-refractivity contribution >= 4 is 11.7 Å². The smallest absolute Gasteiger partial charge is 0.311 e. The van der Waals surface area contributed by atoms with Gasteiger partial charge in [-0.15, -0.1) is 0 Å². The molecular formula is C25H33FN2O4. The van der Waals surface area contributed by atoms with Crippen molar-refractivity contribution < 1.29 is 23.8 Å². The van der Waals surface area contributed by atoms with E-state index in [4.69, 9.17) is 9.47 Å². The van der Waals surface area contributed by atoms with E-state index >= 15 is 0 Å². The van der Waals surface area contributed by atoms with Gasteiger partial charge in [-0.1, -0.05) is 18.2 Å². The monoisotopic (exact) mass is 444 g/mol. The first-order chi connectivity index (χ1) is 15.4. The van der Waals surface area contributed by atoms with Crippen molar-refractivity contribution in [2.24, 2.45) is 11.8 Å². The zero-order chi connectivity index (χ0) is 22.5. The number of allylic oxidation sites excluding steroid dienone is 1. The molecule has 0 bridgehead atoms. The van der Waals surface area contributed by atoms with Crippen LogP contribution in [0.1, 0.15) is 33.1 Å². The van der Waals surface area contributed by atoms with Gasteiger partial charge in [-0.2, -0.15) is 0 Å². The summed E-state index contributed by atoms with van der Waals surface area (Å²) < 4.78 is 26.1. The fraction of sp³-hybridized carbons (Fsp3) is 0.640. The molecule has 6 nitrogen and oxygen atoms in total. The lowest BCUT2D eigenvalue weighted by molar-refractivity contribution is -0.145. The number of nitrogens with zero attached hydrogens (tertiary/aromatic N) is 2. The van der Waals surface area contributed by atoms with Crippen LogP contribution in [0, 0.1) is 17.7 Å². The Morgan fingerprint density at radius 1 is 1.22 bits per heavy atom. The normalized spacial score (nSPS) is 37.9. The third-order valence-corrected chi connectivity index (χ3v) is 7.88. The van der Waals surface area contributed by atoms with E-state index in [1.54, 1.807) is 6.07 Å². The minimum Gasteiger partial charge on any atom is -0.459 e. The number of esters is 1. The maximum Gasteiger partial charge on any atom is 0.311 e. The number of aliphatic hydroxyl groups is 1. The first-order valence-electron chi connectivity index (χ1n) is 11.8. The number of para-hydroxylation sites is 1. The fourth-order valence-electron chi connectivity index (χ4n) is 5.70. The van der Waals surface area contributed by atoms with Crippen molar-refractivity contribution in [2.45, 2.75) is 57.0 Å². The van der Waals surface area contributed by atoms with Gasteiger partial charge in [-0.05, 0) is 50.8 Å². The van der Waals surface area contributed by atoms with Gasteiger partial charge in [0.05, 0.1) is 23.3 Å². The SMILES string of the molecule is CC1=CCC[C@@]2(C)O[C@@H]2[C@H]2OC(=O)[C@@H](CN3CCN(c4ccccc4F)CC3)[C@@H]2C[C@H]1O. The van der Waals surface area contributed by atoms with Gasteiger partial charge in [0, 0.05) is 38.6 Å². The molecule has 7 heteroatoms. The van der Waals surface area contributed by atoms with Gasteiger partial charge in [-0.3, -0.25) is 9.69 Å². The van der Waals surface area contributed by atoms with Gasteiger partial charge in [0.15, 0.2) is 0 Å². The number of carbonyl (C=O) groups excluding carboxylic acids is 1. The molecule has 1 aromatic rings. The summed E-state index contributed by atoms with van der Waals surface area (Å²) in [5, 5.41) is 10.8. The number of hydrogen-bond donors (Lipinski definition) is 1. The van der Waals surface area contributed by atoms with Gasteiger partial charge in [0.25, 0.3) is 0 Å². The number of carbonyl (C=O) groups is 1. The van der Waals surface area contributed by atoms with E-state index in [1.807, 2.05) is 19.1 Å². The highest BCUT2D eigenvalue weighted by Crippen LogP contribution is 2.50. The predicted molar refractivity (Wildman–Crippen MR) is 119 cm³/mol. The molecule has 3 aliphatic heterocycles. The number of anilines is 1. The summed E-state index contributed by atoms with van der Waals surface area (Å²) >= 11 is 0. The quantitative estimate of drug-likeness (QED) is 0.439. The number of hydrogen-bond acceptors (Lipinski definition) is 6. The van der Waals surface area contributed by atoms with Crippen LogP contribution >= 0.6 is 0 Å². The molecule has 174 valence electrons. The van der Waals surface area contributed by atoms with Crippen molar-refractivity contribution in [1.82, 2.24) is 4.90 Å². The number of rotatable bonds is 3. The molecule has 0 radical (unpaired) electrons. The lowest BCUT2D eigenvalue weighted by atomic mass is 9.79. The van der Waals surface area contributed by atoms with Crippen LogP contribution in [0.2, 0.25) is 0 Å². The molecule has 1 aromatic carbocycles. The molecule has 0 spiro atoms. The number of aliphatic hydroxyl groups excluding tert-OH is 1. The highest BCUT2D eigenvalue weighted by molar-refractivity contribution is 5.76. The molecule has 0 aromatic heterocycles. The summed E-state index contributed by atoms with van der Waals surface area (Å²) in [6, 6.07) is 6.86. The summed E-state index contributed by atoms with van der Waals surface area (Å²) in [6.45, 7) is 7.60. The fourth-order valence-corrected chi connectivity index (χ4v) is 5.70. The molecule has 1 aliphatic carbocycles. The Morgan fingerprint density at radius 3 is 2.72 bits per heavy atom. The maximum absolute atomic E-state index is 14.2. The number of benzene rings is 1. The van der Waals surface area contributed by atoms with Crippen molar-refractivity contribution in [1.29, 1.82) is 0 Å². The Balaban J connectivity index is 1.28. The van der Waals surface area contributed by atoms with Crippen LogP contribution in [-0.2, 0) is 14.3 Å². The van der Waals surface area contributed by atoms with Crippen LogP contribution in [0.15, 0.2) is 35.9 Å². The molecular weight excluding hydrogens is 411 g/mol. The van der Waals surface area contributed by atoms with Crippen molar-refractivity contribution in [3.8, 4) is 0 Å². The molecule has 0 amide bonds. The zero-order valence-corrected chi connectivity index (χ0v) is 18.9. The Hall–Kier alpha value is -1.96. The van der Waals surface area contributed by atoms with Crippen LogP contribution < -0.4 is 4.90 Å². The second-order valence-corrected chi connectivity index (χ2v) is 10.0. The molecule has 32 heavy (non-hydrogen) atoms. The summed E-state index contributed by atoms with van der Waals surface area (Å²) in [6.07, 6.45) is 3.39. The van der Waals surface area contributed by atoms with E-state index < -0.39 is 6.10 Å². The summed E-state index contributed by atoms with van der Waals surface area (Å²) in [5.41, 5.74) is 1.35.